The molecule has 140 valence electrons. The molecule has 1 saturated heterocycles. The standard InChI is InChI=1S/C19H25N5O.HI/c1-15-6-5-9-21-16(15)14-22-19(20-2)24-12-10-23(11-13-24)17-7-3-4-8-18(17)25;/h3-9,25H,10-14H2,1-2H3,(H,20,22);1H. The van der Waals surface area contributed by atoms with Crippen LogP contribution in [0.2, 0.25) is 0 Å². The topological polar surface area (TPSA) is 64.0 Å². The third-order valence-electron chi connectivity index (χ3n) is 4.55. The van der Waals surface area contributed by atoms with E-state index in [1.165, 1.54) is 5.56 Å². The molecule has 1 aromatic carbocycles. The molecular formula is C19H26IN5O. The van der Waals surface area contributed by atoms with Crippen molar-refractivity contribution in [3.05, 3.63) is 53.9 Å². The van der Waals surface area contributed by atoms with Gasteiger partial charge in [0.1, 0.15) is 5.75 Å². The number of guanidine groups is 1. The number of nitrogens with zero attached hydrogens (tertiary/aromatic N) is 4. The molecule has 0 aliphatic carbocycles. The van der Waals surface area contributed by atoms with Crippen LogP contribution in [0.1, 0.15) is 11.3 Å². The lowest BCUT2D eigenvalue weighted by Crippen LogP contribution is -2.52. The van der Waals surface area contributed by atoms with Crippen LogP contribution in [0.15, 0.2) is 47.6 Å². The first kappa shape index (κ1) is 20.3. The molecule has 0 unspecified atom stereocenters. The normalized spacial score (nSPS) is 14.8. The Morgan fingerprint density at radius 3 is 2.54 bits per heavy atom. The van der Waals surface area contributed by atoms with E-state index in [0.717, 1.165) is 43.5 Å². The number of anilines is 1. The SMILES string of the molecule is CN=C(NCc1ncccc1C)N1CCN(c2ccccc2O)CC1.I. The zero-order chi connectivity index (χ0) is 17.6. The van der Waals surface area contributed by atoms with Gasteiger partial charge in [-0.2, -0.15) is 0 Å². The van der Waals surface area contributed by atoms with Gasteiger partial charge in [-0.15, -0.1) is 24.0 Å². The van der Waals surface area contributed by atoms with Gasteiger partial charge in [0.15, 0.2) is 5.96 Å². The number of piperazine rings is 1. The number of hydrogen-bond acceptors (Lipinski definition) is 4. The number of halogens is 1. The van der Waals surface area contributed by atoms with Crippen LogP contribution in [-0.4, -0.2) is 54.2 Å². The lowest BCUT2D eigenvalue weighted by molar-refractivity contribution is 0.369. The fraction of sp³-hybridized carbons (Fsp3) is 0.368. The molecule has 2 heterocycles. The van der Waals surface area contributed by atoms with Crippen molar-refractivity contribution in [2.75, 3.05) is 38.1 Å². The monoisotopic (exact) mass is 467 g/mol. The largest absolute Gasteiger partial charge is 0.506 e. The van der Waals surface area contributed by atoms with Crippen molar-refractivity contribution in [1.29, 1.82) is 0 Å². The van der Waals surface area contributed by atoms with Crippen molar-refractivity contribution < 1.29 is 5.11 Å². The van der Waals surface area contributed by atoms with E-state index in [1.807, 2.05) is 37.5 Å². The van der Waals surface area contributed by atoms with Crippen LogP contribution < -0.4 is 10.2 Å². The van der Waals surface area contributed by atoms with Crippen LogP contribution in [0.5, 0.6) is 5.75 Å². The molecule has 6 nitrogen and oxygen atoms in total. The zero-order valence-electron chi connectivity index (χ0n) is 15.2. The number of aryl methyl sites for hydroxylation is 1. The molecule has 1 aliphatic rings. The molecule has 3 rings (SSSR count). The van der Waals surface area contributed by atoms with E-state index in [2.05, 4.69) is 38.1 Å². The second-order valence-electron chi connectivity index (χ2n) is 6.13. The average Bonchev–Trinajstić information content (AvgIpc) is 2.65. The smallest absolute Gasteiger partial charge is 0.194 e. The van der Waals surface area contributed by atoms with Crippen LogP contribution in [-0.2, 0) is 6.54 Å². The fourth-order valence-electron chi connectivity index (χ4n) is 3.09. The number of pyridine rings is 1. The molecule has 0 atom stereocenters. The maximum Gasteiger partial charge on any atom is 0.194 e. The summed E-state index contributed by atoms with van der Waals surface area (Å²) in [6.07, 6.45) is 1.82. The molecule has 2 aromatic rings. The van der Waals surface area contributed by atoms with Gasteiger partial charge in [0.05, 0.1) is 17.9 Å². The average molecular weight is 467 g/mol. The quantitative estimate of drug-likeness (QED) is 0.413. The number of aromatic hydroxyl groups is 1. The summed E-state index contributed by atoms with van der Waals surface area (Å²) in [7, 11) is 1.81. The van der Waals surface area contributed by atoms with Gasteiger partial charge in [0.2, 0.25) is 0 Å². The number of benzene rings is 1. The van der Waals surface area contributed by atoms with Crippen LogP contribution in [0.25, 0.3) is 0 Å². The van der Waals surface area contributed by atoms with Crippen LogP contribution in [0.4, 0.5) is 5.69 Å². The van der Waals surface area contributed by atoms with Crippen molar-refractivity contribution in [3.8, 4) is 5.75 Å². The minimum absolute atomic E-state index is 0. The number of phenols is 1. The third kappa shape index (κ3) is 4.78. The molecular weight excluding hydrogens is 441 g/mol. The Morgan fingerprint density at radius 2 is 1.88 bits per heavy atom. The maximum atomic E-state index is 10.0. The number of aliphatic imine (C=N–C) groups is 1. The fourth-order valence-corrected chi connectivity index (χ4v) is 3.09. The highest BCUT2D eigenvalue weighted by atomic mass is 127. The Bertz CT molecular complexity index is 744. The highest BCUT2D eigenvalue weighted by Gasteiger charge is 2.21. The summed E-state index contributed by atoms with van der Waals surface area (Å²) in [6.45, 7) is 6.14. The van der Waals surface area contributed by atoms with E-state index in [9.17, 15) is 5.11 Å². The molecule has 0 radical (unpaired) electrons. The first-order valence-corrected chi connectivity index (χ1v) is 8.58. The number of rotatable bonds is 3. The van der Waals surface area contributed by atoms with Crippen LogP contribution in [0, 0.1) is 6.92 Å². The maximum absolute atomic E-state index is 10.0. The van der Waals surface area contributed by atoms with E-state index in [-0.39, 0.29) is 24.0 Å². The van der Waals surface area contributed by atoms with Crippen molar-refractivity contribution in [2.24, 2.45) is 4.99 Å². The molecule has 0 saturated carbocycles. The number of phenolic OH excluding ortho intramolecular Hbond substituents is 1. The molecule has 0 spiro atoms. The molecule has 1 aromatic heterocycles. The Morgan fingerprint density at radius 1 is 1.15 bits per heavy atom. The summed E-state index contributed by atoms with van der Waals surface area (Å²) in [5, 5.41) is 13.4. The van der Waals surface area contributed by atoms with E-state index < -0.39 is 0 Å². The van der Waals surface area contributed by atoms with E-state index in [1.54, 1.807) is 6.07 Å². The summed E-state index contributed by atoms with van der Waals surface area (Å²) in [5.41, 5.74) is 3.11. The Hall–Kier alpha value is -2.03. The van der Waals surface area contributed by atoms with E-state index in [0.29, 0.717) is 12.3 Å². The molecule has 2 N–H and O–H groups in total. The lowest BCUT2D eigenvalue weighted by Gasteiger charge is -2.37. The Labute approximate surface area is 172 Å². The van der Waals surface area contributed by atoms with Gasteiger partial charge in [-0.3, -0.25) is 9.98 Å². The third-order valence-corrected chi connectivity index (χ3v) is 4.55. The predicted molar refractivity (Wildman–Crippen MR) is 116 cm³/mol. The first-order chi connectivity index (χ1) is 12.2. The zero-order valence-corrected chi connectivity index (χ0v) is 17.6. The van der Waals surface area contributed by atoms with Gasteiger partial charge >= 0.3 is 0 Å². The van der Waals surface area contributed by atoms with E-state index >= 15 is 0 Å². The highest BCUT2D eigenvalue weighted by molar-refractivity contribution is 14.0. The molecule has 0 bridgehead atoms. The lowest BCUT2D eigenvalue weighted by atomic mass is 10.2. The van der Waals surface area contributed by atoms with Gasteiger partial charge in [0.25, 0.3) is 0 Å². The van der Waals surface area contributed by atoms with Crippen LogP contribution in [0.3, 0.4) is 0 Å². The van der Waals surface area contributed by atoms with Gasteiger partial charge < -0.3 is 20.2 Å². The summed E-state index contributed by atoms with van der Waals surface area (Å²) in [6, 6.07) is 11.5. The molecule has 1 fully saturated rings. The summed E-state index contributed by atoms with van der Waals surface area (Å²) >= 11 is 0. The Balaban J connectivity index is 0.00000243. The Kier molecular flexibility index (Phi) is 7.50. The summed E-state index contributed by atoms with van der Waals surface area (Å²) in [4.78, 5) is 13.3. The van der Waals surface area contributed by atoms with Gasteiger partial charge in [-0.05, 0) is 30.7 Å². The van der Waals surface area contributed by atoms with Gasteiger partial charge in [-0.25, -0.2) is 0 Å². The summed E-state index contributed by atoms with van der Waals surface area (Å²) in [5.74, 6) is 1.23. The van der Waals surface area contributed by atoms with Crippen molar-refractivity contribution >= 4 is 35.6 Å². The molecule has 1 aliphatic heterocycles. The second kappa shape index (κ2) is 9.61. The van der Waals surface area contributed by atoms with Crippen LogP contribution >= 0.6 is 24.0 Å². The molecule has 26 heavy (non-hydrogen) atoms. The van der Waals surface area contributed by atoms with Crippen molar-refractivity contribution in [3.63, 3.8) is 0 Å². The minimum atomic E-state index is 0. The highest BCUT2D eigenvalue weighted by Crippen LogP contribution is 2.27. The van der Waals surface area contributed by atoms with Gasteiger partial charge in [-0.1, -0.05) is 18.2 Å². The number of aromatic nitrogens is 1. The number of para-hydroxylation sites is 2. The predicted octanol–water partition coefficient (Wildman–Crippen LogP) is 2.61. The van der Waals surface area contributed by atoms with E-state index in [4.69, 9.17) is 0 Å². The van der Waals surface area contributed by atoms with Crippen molar-refractivity contribution in [2.45, 2.75) is 13.5 Å². The first-order valence-electron chi connectivity index (χ1n) is 8.58. The minimum Gasteiger partial charge on any atom is -0.506 e. The number of nitrogens with one attached hydrogen (secondary N) is 1. The second-order valence-corrected chi connectivity index (χ2v) is 6.13. The molecule has 0 amide bonds. The number of hydrogen-bond donors (Lipinski definition) is 2. The molecule has 7 heteroatoms. The summed E-state index contributed by atoms with van der Waals surface area (Å²) < 4.78 is 0. The van der Waals surface area contributed by atoms with Gasteiger partial charge in [0, 0.05) is 39.4 Å². The van der Waals surface area contributed by atoms with Crippen molar-refractivity contribution in [1.82, 2.24) is 15.2 Å².